The van der Waals surface area contributed by atoms with E-state index < -0.39 is 28.9 Å². The van der Waals surface area contributed by atoms with Crippen molar-refractivity contribution >= 4 is 84.1 Å². The first-order chi connectivity index (χ1) is 29.2. The quantitative estimate of drug-likeness (QED) is 0.114. The van der Waals surface area contributed by atoms with Crippen LogP contribution in [0.2, 0.25) is 0 Å². The van der Waals surface area contributed by atoms with Gasteiger partial charge in [0.15, 0.2) is 6.61 Å². The van der Waals surface area contributed by atoms with E-state index >= 15 is 0 Å². The maximum Gasteiger partial charge on any atom is 0.302 e. The Hall–Kier alpha value is -6.97. The summed E-state index contributed by atoms with van der Waals surface area (Å²) in [5.74, 6) is -0.856. The summed E-state index contributed by atoms with van der Waals surface area (Å²) < 4.78 is 15.9. The van der Waals surface area contributed by atoms with Crippen LogP contribution in [0.3, 0.4) is 0 Å². The van der Waals surface area contributed by atoms with E-state index in [2.05, 4.69) is 35.9 Å². The number of fused-ring (bicyclic) bond motifs is 4. The molecule has 2 aliphatic rings. The number of aromatic nitrogens is 4. The van der Waals surface area contributed by atoms with Crippen LogP contribution in [0.25, 0.3) is 20.4 Å². The van der Waals surface area contributed by atoms with Gasteiger partial charge in [-0.3, -0.25) is 33.6 Å². The van der Waals surface area contributed by atoms with Crippen molar-refractivity contribution in [3.8, 4) is 11.5 Å². The number of thiophene rings is 2. The second-order valence-electron chi connectivity index (χ2n) is 13.8. The molecule has 21 heteroatoms. The van der Waals surface area contributed by atoms with E-state index in [0.29, 0.717) is 77.3 Å². The van der Waals surface area contributed by atoms with E-state index in [4.69, 9.17) is 14.2 Å². The molecule has 61 heavy (non-hydrogen) atoms. The number of aliphatic hydroxyl groups excluding tert-OH is 1. The Bertz CT molecular complexity index is 2880. The number of carbonyl (C=O) groups is 5. The van der Waals surface area contributed by atoms with Crippen LogP contribution in [-0.2, 0) is 45.4 Å². The maximum absolute atomic E-state index is 12.7. The number of hydrogen-bond acceptors (Lipinski definition) is 15. The first-order valence-corrected chi connectivity index (χ1v) is 20.3. The number of H-pyrrole nitrogens is 2. The van der Waals surface area contributed by atoms with E-state index in [0.717, 1.165) is 11.1 Å². The highest BCUT2D eigenvalue weighted by Crippen LogP contribution is 2.33. The Balaban J connectivity index is 0.000000186. The second-order valence-corrected chi connectivity index (χ2v) is 15.9. The number of ether oxygens (including phenoxy) is 3. The molecule has 0 aliphatic carbocycles. The van der Waals surface area contributed by atoms with Gasteiger partial charge in [-0.05, 0) is 60.4 Å². The van der Waals surface area contributed by atoms with E-state index in [1.165, 1.54) is 36.5 Å². The molecule has 2 aromatic carbocycles. The highest BCUT2D eigenvalue weighted by Gasteiger charge is 2.23. The van der Waals surface area contributed by atoms with Gasteiger partial charge in [-0.1, -0.05) is 12.1 Å². The fourth-order valence-corrected chi connectivity index (χ4v) is 8.65. The van der Waals surface area contributed by atoms with Crippen molar-refractivity contribution < 1.29 is 43.3 Å². The molecule has 6 heterocycles. The fraction of sp³-hybridized carbons (Fsp3) is 0.275. The molecule has 19 nitrogen and oxygen atoms in total. The van der Waals surface area contributed by atoms with Crippen molar-refractivity contribution in [2.45, 2.75) is 54.0 Å². The predicted molar refractivity (Wildman–Crippen MR) is 224 cm³/mol. The molecule has 6 N–H and O–H groups in total. The minimum absolute atomic E-state index is 0.0230. The Morgan fingerprint density at radius 1 is 0.820 bits per heavy atom. The van der Waals surface area contributed by atoms with Crippen LogP contribution in [-0.4, -0.2) is 74.4 Å². The lowest BCUT2D eigenvalue weighted by atomic mass is 10.1. The molecule has 0 bridgehead atoms. The molecule has 0 spiro atoms. The van der Waals surface area contributed by atoms with Crippen LogP contribution in [0.1, 0.15) is 67.1 Å². The molecule has 0 radical (unpaired) electrons. The lowest BCUT2D eigenvalue weighted by Gasteiger charge is -2.29. The molecule has 2 aliphatic heterocycles. The molecule has 0 unspecified atom stereocenters. The number of esters is 1. The Morgan fingerprint density at radius 3 is 1.98 bits per heavy atom. The first kappa shape index (κ1) is 42.2. The summed E-state index contributed by atoms with van der Waals surface area (Å²) in [6, 6.07) is 10.5. The van der Waals surface area contributed by atoms with Crippen molar-refractivity contribution in [3.05, 3.63) is 101 Å². The van der Waals surface area contributed by atoms with Crippen molar-refractivity contribution in [1.82, 2.24) is 30.6 Å². The Labute approximate surface area is 353 Å². The third-order valence-corrected chi connectivity index (χ3v) is 12.0. The predicted octanol–water partition coefficient (Wildman–Crippen LogP) is 3.08. The summed E-state index contributed by atoms with van der Waals surface area (Å²) in [4.78, 5) is 102. The van der Waals surface area contributed by atoms with Gasteiger partial charge in [-0.25, -0.2) is 9.97 Å². The first-order valence-electron chi connectivity index (χ1n) is 18.6. The minimum Gasteiger partial charge on any atom is -0.490 e. The molecular formula is C40H38N8O11S2. The van der Waals surface area contributed by atoms with Crippen LogP contribution in [0, 0.1) is 13.8 Å². The van der Waals surface area contributed by atoms with Crippen LogP contribution in [0.4, 0.5) is 11.4 Å². The Kier molecular flexibility index (Phi) is 12.2. The van der Waals surface area contributed by atoms with Gasteiger partial charge in [0.05, 0.1) is 35.3 Å². The summed E-state index contributed by atoms with van der Waals surface area (Å²) in [5.41, 5.74) is 3.19. The summed E-state index contributed by atoms with van der Waals surface area (Å²) in [5, 5.41) is 18.2. The number of amides is 4. The van der Waals surface area contributed by atoms with Crippen LogP contribution in [0.15, 0.2) is 46.0 Å². The summed E-state index contributed by atoms with van der Waals surface area (Å²) in [6.45, 7) is 7.35. The Morgan fingerprint density at radius 2 is 1.39 bits per heavy atom. The topological polar surface area (TPSA) is 264 Å². The fourth-order valence-electron chi connectivity index (χ4n) is 6.52. The van der Waals surface area contributed by atoms with Gasteiger partial charge >= 0.3 is 5.97 Å². The minimum atomic E-state index is -0.543. The van der Waals surface area contributed by atoms with Gasteiger partial charge in [-0.15, -0.1) is 22.7 Å². The molecule has 4 amide bonds. The number of benzene rings is 2. The van der Waals surface area contributed by atoms with E-state index in [9.17, 15) is 38.7 Å². The molecule has 0 saturated heterocycles. The van der Waals surface area contributed by atoms with Crippen molar-refractivity contribution in [2.24, 2.45) is 0 Å². The molecule has 0 saturated carbocycles. The molecule has 316 valence electrons. The molecule has 0 fully saturated rings. The van der Waals surface area contributed by atoms with E-state index in [1.54, 1.807) is 55.1 Å². The lowest BCUT2D eigenvalue weighted by molar-refractivity contribution is -0.142. The SMILES string of the molecule is CC(=O)OCc1sc2nc(C(=O)NCc3ccc4c(c3)N(C(C)=O)CCO4)[nH]c(=O)c2c1C.Cc1c(CO)sc2nc(C(=O)NCc3ccc4c(c3)NC(=O)CO4)[nH]c(=O)c12. The van der Waals surface area contributed by atoms with Gasteiger partial charge in [-0.2, -0.15) is 0 Å². The third kappa shape index (κ3) is 9.12. The number of nitrogens with one attached hydrogen (secondary N) is 5. The molecule has 4 aromatic heterocycles. The highest BCUT2D eigenvalue weighted by molar-refractivity contribution is 7.19. The average molecular weight is 871 g/mol. The van der Waals surface area contributed by atoms with Gasteiger partial charge in [0.1, 0.15) is 34.4 Å². The number of anilines is 2. The van der Waals surface area contributed by atoms with E-state index in [1.807, 2.05) is 0 Å². The number of nitrogens with zero attached hydrogens (tertiary/aromatic N) is 3. The number of aliphatic hydroxyl groups is 1. The van der Waals surface area contributed by atoms with Gasteiger partial charge in [0, 0.05) is 36.7 Å². The second kappa shape index (κ2) is 17.7. The molecule has 8 rings (SSSR count). The highest BCUT2D eigenvalue weighted by atomic mass is 32.1. The monoisotopic (exact) mass is 870 g/mol. The normalized spacial score (nSPS) is 12.9. The van der Waals surface area contributed by atoms with E-state index in [-0.39, 0.29) is 56.4 Å². The maximum atomic E-state index is 12.7. The van der Waals surface area contributed by atoms with Crippen LogP contribution < -0.4 is 41.4 Å². The zero-order chi connectivity index (χ0) is 43.5. The van der Waals surface area contributed by atoms with Crippen molar-refractivity contribution in [2.75, 3.05) is 30.0 Å². The number of aryl methyl sites for hydroxylation is 2. The van der Waals surface area contributed by atoms with Gasteiger partial charge in [0.25, 0.3) is 28.8 Å². The zero-order valence-corrected chi connectivity index (χ0v) is 34.7. The molecule has 6 aromatic rings. The number of hydrogen-bond donors (Lipinski definition) is 6. The average Bonchev–Trinajstić information content (AvgIpc) is 3.75. The number of carbonyl (C=O) groups excluding carboxylic acids is 5. The van der Waals surface area contributed by atoms with Crippen molar-refractivity contribution in [3.63, 3.8) is 0 Å². The number of rotatable bonds is 9. The molecule has 0 atom stereocenters. The zero-order valence-electron chi connectivity index (χ0n) is 33.1. The largest absolute Gasteiger partial charge is 0.490 e. The summed E-state index contributed by atoms with van der Waals surface area (Å²) in [7, 11) is 0. The molecular weight excluding hydrogens is 833 g/mol. The van der Waals surface area contributed by atoms with Gasteiger partial charge in [0.2, 0.25) is 17.6 Å². The van der Waals surface area contributed by atoms with Crippen molar-refractivity contribution in [1.29, 1.82) is 0 Å². The van der Waals surface area contributed by atoms with Crippen LogP contribution >= 0.6 is 22.7 Å². The lowest BCUT2D eigenvalue weighted by Crippen LogP contribution is -2.36. The summed E-state index contributed by atoms with van der Waals surface area (Å²) >= 11 is 2.39. The third-order valence-electron chi connectivity index (χ3n) is 9.63. The van der Waals surface area contributed by atoms with Gasteiger partial charge < -0.3 is 50.1 Å². The standard InChI is InChI=1S/C22H22N4O6S.C18H16N4O5S/c1-11-17(10-32-13(3)28)33-22-18(11)20(29)24-19(25-22)21(30)23-9-14-4-5-16-15(8-14)26(12(2)27)6-7-31-16;1-8-12(6-23)28-18-14(8)16(25)21-15(22-18)17(26)19-5-9-2-3-11-10(4-9)20-13(24)7-27-11/h4-5,8H,6-7,9-10H2,1-3H3,(H,23,30)(H,24,25,29);2-4,23H,5-7H2,1H3,(H,19,26)(H,20,24)(H,21,22,25). The smallest absolute Gasteiger partial charge is 0.302 e. The van der Waals surface area contributed by atoms with Crippen LogP contribution in [0.5, 0.6) is 11.5 Å². The summed E-state index contributed by atoms with van der Waals surface area (Å²) in [6.07, 6.45) is 0. The number of aromatic amines is 2.